The van der Waals surface area contributed by atoms with Crippen LogP contribution in [0.5, 0.6) is 0 Å². The number of allylic oxidation sites excluding steroid dienone is 3. The van der Waals surface area contributed by atoms with E-state index >= 15 is 0 Å². The molecule has 1 rings (SSSR count). The molecule has 0 fully saturated rings. The lowest BCUT2D eigenvalue weighted by molar-refractivity contribution is 0.621. The highest BCUT2D eigenvalue weighted by Gasteiger charge is 1.99. The normalized spacial score (nSPS) is 24.5. The maximum atomic E-state index is 3.77. The molecule has 0 heterocycles. The first-order valence-electron chi connectivity index (χ1n) is 4.72. The van der Waals surface area contributed by atoms with Crippen molar-refractivity contribution in [2.24, 2.45) is 0 Å². The summed E-state index contributed by atoms with van der Waals surface area (Å²) in [5, 5.41) is 0. The molecule has 0 amide bonds. The van der Waals surface area contributed by atoms with E-state index in [1.165, 1.54) is 38.5 Å². The summed E-state index contributed by atoms with van der Waals surface area (Å²) >= 11 is 0. The van der Waals surface area contributed by atoms with Gasteiger partial charge in [0, 0.05) is 0 Å². The van der Waals surface area contributed by atoms with Crippen LogP contribution >= 0.6 is 0 Å². The molecule has 0 N–H and O–H groups in total. The SMILES string of the molecule is C=CC/C1=C/CCCCCC1. The van der Waals surface area contributed by atoms with Crippen LogP contribution in [0.15, 0.2) is 24.3 Å². The molecule has 0 saturated heterocycles. The fourth-order valence-electron chi connectivity index (χ4n) is 1.63. The van der Waals surface area contributed by atoms with Gasteiger partial charge in [0.25, 0.3) is 0 Å². The Balaban J connectivity index is 2.38. The van der Waals surface area contributed by atoms with Crippen molar-refractivity contribution in [1.82, 2.24) is 0 Å². The van der Waals surface area contributed by atoms with Crippen molar-refractivity contribution in [2.45, 2.75) is 44.9 Å². The molecule has 11 heavy (non-hydrogen) atoms. The van der Waals surface area contributed by atoms with Gasteiger partial charge in [-0.15, -0.1) is 6.58 Å². The van der Waals surface area contributed by atoms with E-state index in [2.05, 4.69) is 12.7 Å². The van der Waals surface area contributed by atoms with Crippen LogP contribution in [0.3, 0.4) is 0 Å². The van der Waals surface area contributed by atoms with Crippen LogP contribution in [0, 0.1) is 0 Å². The van der Waals surface area contributed by atoms with Crippen molar-refractivity contribution >= 4 is 0 Å². The molecule has 0 nitrogen and oxygen atoms in total. The highest BCUT2D eigenvalue weighted by atomic mass is 14.0. The molecular formula is C11H18. The van der Waals surface area contributed by atoms with E-state index in [0.29, 0.717) is 0 Å². The summed E-state index contributed by atoms with van der Waals surface area (Å²) in [5.74, 6) is 0. The van der Waals surface area contributed by atoms with Gasteiger partial charge in [0.1, 0.15) is 0 Å². The van der Waals surface area contributed by atoms with Crippen molar-refractivity contribution in [2.75, 3.05) is 0 Å². The van der Waals surface area contributed by atoms with Crippen LogP contribution in [0.4, 0.5) is 0 Å². The zero-order valence-electron chi connectivity index (χ0n) is 7.31. The monoisotopic (exact) mass is 150 g/mol. The molecule has 0 saturated carbocycles. The molecule has 0 unspecified atom stereocenters. The summed E-state index contributed by atoms with van der Waals surface area (Å²) in [4.78, 5) is 0. The van der Waals surface area contributed by atoms with Crippen LogP contribution in [0.2, 0.25) is 0 Å². The molecule has 0 aliphatic heterocycles. The Labute approximate surface area is 70.0 Å². The Kier molecular flexibility index (Phi) is 4.03. The smallest absolute Gasteiger partial charge is 0.0142 e. The third kappa shape index (κ3) is 3.41. The Bertz CT molecular complexity index is 142. The molecule has 62 valence electrons. The highest BCUT2D eigenvalue weighted by molar-refractivity contribution is 5.06. The summed E-state index contributed by atoms with van der Waals surface area (Å²) in [6.07, 6.45) is 13.8. The average Bonchev–Trinajstić information content (AvgIpc) is 1.94. The van der Waals surface area contributed by atoms with Crippen LogP contribution in [-0.4, -0.2) is 0 Å². The largest absolute Gasteiger partial charge is 0.103 e. The van der Waals surface area contributed by atoms with Gasteiger partial charge in [-0.1, -0.05) is 30.6 Å². The summed E-state index contributed by atoms with van der Waals surface area (Å²) in [5.41, 5.74) is 1.61. The molecule has 0 atom stereocenters. The standard InChI is InChI=1S/C11H18/c1-2-8-11-9-6-4-3-5-7-10-11/h2,9H,1,3-8,10H2/b11-9-. The van der Waals surface area contributed by atoms with Gasteiger partial charge in [-0.3, -0.25) is 0 Å². The average molecular weight is 150 g/mol. The van der Waals surface area contributed by atoms with Gasteiger partial charge in [0.2, 0.25) is 0 Å². The van der Waals surface area contributed by atoms with E-state index in [9.17, 15) is 0 Å². The second kappa shape index (κ2) is 5.17. The molecule has 1 aliphatic carbocycles. The lowest BCUT2D eigenvalue weighted by Crippen LogP contribution is -1.88. The minimum atomic E-state index is 1.11. The van der Waals surface area contributed by atoms with Crippen LogP contribution < -0.4 is 0 Å². The third-order valence-electron chi connectivity index (χ3n) is 2.29. The van der Waals surface area contributed by atoms with Crippen LogP contribution in [0.1, 0.15) is 44.9 Å². The first-order chi connectivity index (χ1) is 5.43. The molecule has 0 heteroatoms. The van der Waals surface area contributed by atoms with Crippen LogP contribution in [0.25, 0.3) is 0 Å². The van der Waals surface area contributed by atoms with Gasteiger partial charge >= 0.3 is 0 Å². The molecule has 0 aromatic heterocycles. The second-order valence-electron chi connectivity index (χ2n) is 3.31. The topological polar surface area (TPSA) is 0 Å². The van der Waals surface area contributed by atoms with Crippen molar-refractivity contribution in [1.29, 1.82) is 0 Å². The van der Waals surface area contributed by atoms with E-state index in [1.807, 2.05) is 6.08 Å². The fourth-order valence-corrected chi connectivity index (χ4v) is 1.63. The Morgan fingerprint density at radius 1 is 1.27 bits per heavy atom. The van der Waals surface area contributed by atoms with E-state index < -0.39 is 0 Å². The van der Waals surface area contributed by atoms with Crippen molar-refractivity contribution in [3.05, 3.63) is 24.3 Å². The minimum absolute atomic E-state index is 1.11. The molecular weight excluding hydrogens is 132 g/mol. The van der Waals surface area contributed by atoms with Crippen LogP contribution in [-0.2, 0) is 0 Å². The fraction of sp³-hybridized carbons (Fsp3) is 0.636. The predicted octanol–water partition coefficient (Wildman–Crippen LogP) is 3.84. The highest BCUT2D eigenvalue weighted by Crippen LogP contribution is 2.19. The first kappa shape index (κ1) is 8.58. The minimum Gasteiger partial charge on any atom is -0.103 e. The van der Waals surface area contributed by atoms with Gasteiger partial charge < -0.3 is 0 Å². The summed E-state index contributed by atoms with van der Waals surface area (Å²) < 4.78 is 0. The molecule has 0 bridgehead atoms. The quantitative estimate of drug-likeness (QED) is 0.524. The van der Waals surface area contributed by atoms with Gasteiger partial charge in [0.05, 0.1) is 0 Å². The molecule has 0 aromatic rings. The lowest BCUT2D eigenvalue weighted by Gasteiger charge is -2.08. The van der Waals surface area contributed by atoms with Gasteiger partial charge in [-0.25, -0.2) is 0 Å². The summed E-state index contributed by atoms with van der Waals surface area (Å²) in [7, 11) is 0. The van der Waals surface area contributed by atoms with E-state index in [0.717, 1.165) is 6.42 Å². The second-order valence-corrected chi connectivity index (χ2v) is 3.31. The zero-order chi connectivity index (χ0) is 7.94. The number of hydrogen-bond acceptors (Lipinski definition) is 0. The third-order valence-corrected chi connectivity index (χ3v) is 2.29. The van der Waals surface area contributed by atoms with Gasteiger partial charge in [0.15, 0.2) is 0 Å². The van der Waals surface area contributed by atoms with Crippen molar-refractivity contribution in [3.63, 3.8) is 0 Å². The maximum absolute atomic E-state index is 3.77. The van der Waals surface area contributed by atoms with E-state index in [4.69, 9.17) is 0 Å². The molecule has 0 radical (unpaired) electrons. The van der Waals surface area contributed by atoms with E-state index in [1.54, 1.807) is 5.57 Å². The molecule has 1 aliphatic rings. The first-order valence-corrected chi connectivity index (χ1v) is 4.72. The van der Waals surface area contributed by atoms with Gasteiger partial charge in [-0.2, -0.15) is 0 Å². The summed E-state index contributed by atoms with van der Waals surface area (Å²) in [6, 6.07) is 0. The Morgan fingerprint density at radius 2 is 2.09 bits per heavy atom. The Hall–Kier alpha value is -0.520. The van der Waals surface area contributed by atoms with E-state index in [-0.39, 0.29) is 0 Å². The molecule has 0 spiro atoms. The number of hydrogen-bond donors (Lipinski definition) is 0. The van der Waals surface area contributed by atoms with Gasteiger partial charge in [-0.05, 0) is 32.1 Å². The van der Waals surface area contributed by atoms with Crippen molar-refractivity contribution in [3.8, 4) is 0 Å². The zero-order valence-corrected chi connectivity index (χ0v) is 7.31. The number of rotatable bonds is 2. The summed E-state index contributed by atoms with van der Waals surface area (Å²) in [6.45, 7) is 3.77. The Morgan fingerprint density at radius 3 is 2.91 bits per heavy atom. The predicted molar refractivity (Wildman–Crippen MR) is 50.6 cm³/mol. The molecule has 0 aromatic carbocycles. The maximum Gasteiger partial charge on any atom is -0.0142 e. The van der Waals surface area contributed by atoms with Crippen molar-refractivity contribution < 1.29 is 0 Å². The lowest BCUT2D eigenvalue weighted by atomic mass is 9.98.